The number of carbonyl (C=O) groups excluding carboxylic acids is 3. The van der Waals surface area contributed by atoms with Gasteiger partial charge in [0.2, 0.25) is 5.76 Å². The summed E-state index contributed by atoms with van der Waals surface area (Å²) in [6.07, 6.45) is 2.99. The first-order valence-corrected chi connectivity index (χ1v) is 10.5. The van der Waals surface area contributed by atoms with Crippen molar-refractivity contribution in [2.24, 2.45) is 0 Å². The molecule has 3 aromatic rings. The van der Waals surface area contributed by atoms with E-state index in [1.54, 1.807) is 30.3 Å². The predicted molar refractivity (Wildman–Crippen MR) is 119 cm³/mol. The van der Waals surface area contributed by atoms with Gasteiger partial charge in [0.25, 0.3) is 11.1 Å². The topological polar surface area (TPSA) is 86.0 Å². The first-order valence-electron chi connectivity index (χ1n) is 9.69. The third-order valence-electron chi connectivity index (χ3n) is 4.71. The smallest absolute Gasteiger partial charge is 0.379 e. The van der Waals surface area contributed by atoms with Gasteiger partial charge in [-0.1, -0.05) is 35.9 Å². The van der Waals surface area contributed by atoms with E-state index >= 15 is 0 Å². The minimum atomic E-state index is -0.654. The van der Waals surface area contributed by atoms with Crippen LogP contribution in [0.3, 0.4) is 0 Å². The fraction of sp³-hybridized carbons (Fsp3) is 0.125. The minimum absolute atomic E-state index is 0.0680. The van der Waals surface area contributed by atoms with Crippen LogP contribution in [0.4, 0.5) is 4.79 Å². The van der Waals surface area contributed by atoms with Crippen molar-refractivity contribution < 1.29 is 28.3 Å². The van der Waals surface area contributed by atoms with Crippen LogP contribution in [0.15, 0.2) is 70.2 Å². The van der Waals surface area contributed by atoms with E-state index in [1.165, 1.54) is 24.3 Å². The molecule has 1 aliphatic rings. The molecule has 1 saturated heterocycles. The summed E-state index contributed by atoms with van der Waals surface area (Å²) in [4.78, 5) is 38.9. The molecule has 2 heterocycles. The molecule has 162 valence electrons. The van der Waals surface area contributed by atoms with E-state index in [-0.39, 0.29) is 29.2 Å². The molecule has 0 saturated carbocycles. The van der Waals surface area contributed by atoms with E-state index in [1.807, 2.05) is 31.2 Å². The van der Waals surface area contributed by atoms with E-state index in [9.17, 15) is 14.4 Å². The third-order valence-corrected chi connectivity index (χ3v) is 5.61. The number of furan rings is 1. The number of carbonyl (C=O) groups is 3. The number of thioether (sulfide) groups is 1. The average molecular weight is 449 g/mol. The van der Waals surface area contributed by atoms with Crippen LogP contribution in [-0.2, 0) is 11.3 Å². The molecule has 0 aliphatic carbocycles. The Hall–Kier alpha value is -3.78. The highest BCUT2D eigenvalue weighted by atomic mass is 32.2. The number of amides is 2. The Morgan fingerprint density at radius 2 is 1.94 bits per heavy atom. The summed E-state index contributed by atoms with van der Waals surface area (Å²) in [7, 11) is 1.44. The molecule has 8 heteroatoms. The number of benzene rings is 2. The Balaban J connectivity index is 1.52. The number of ether oxygens (including phenoxy) is 2. The van der Waals surface area contributed by atoms with Crippen molar-refractivity contribution in [3.05, 3.63) is 88.2 Å². The van der Waals surface area contributed by atoms with Gasteiger partial charge in [0.1, 0.15) is 0 Å². The zero-order valence-corrected chi connectivity index (χ0v) is 18.2. The van der Waals surface area contributed by atoms with Crippen LogP contribution >= 0.6 is 11.8 Å². The molecule has 2 amide bonds. The minimum Gasteiger partial charge on any atom is -0.493 e. The van der Waals surface area contributed by atoms with Crippen LogP contribution in [-0.4, -0.2) is 29.1 Å². The van der Waals surface area contributed by atoms with Gasteiger partial charge in [0.05, 0.1) is 24.8 Å². The number of aryl methyl sites for hydroxylation is 1. The molecule has 1 aliphatic heterocycles. The summed E-state index contributed by atoms with van der Waals surface area (Å²) in [5, 5.41) is -0.321. The maximum atomic E-state index is 12.8. The second-order valence-corrected chi connectivity index (χ2v) is 8.03. The molecule has 0 bridgehead atoms. The average Bonchev–Trinajstić information content (AvgIpc) is 3.40. The highest BCUT2D eigenvalue weighted by molar-refractivity contribution is 8.18. The van der Waals surface area contributed by atoms with Crippen LogP contribution in [0.5, 0.6) is 11.5 Å². The van der Waals surface area contributed by atoms with Gasteiger partial charge in [0, 0.05) is 0 Å². The molecule has 0 unspecified atom stereocenters. The lowest BCUT2D eigenvalue weighted by atomic mass is 10.1. The highest BCUT2D eigenvalue weighted by Crippen LogP contribution is 2.35. The Labute approximate surface area is 188 Å². The van der Waals surface area contributed by atoms with Crippen molar-refractivity contribution in [3.63, 3.8) is 0 Å². The van der Waals surface area contributed by atoms with Gasteiger partial charge in [-0.05, 0) is 60.2 Å². The number of imide groups is 1. The lowest BCUT2D eigenvalue weighted by molar-refractivity contribution is -0.123. The van der Waals surface area contributed by atoms with Gasteiger partial charge < -0.3 is 13.9 Å². The molecular formula is C24H19NO6S. The third kappa shape index (κ3) is 4.60. The molecule has 4 rings (SSSR count). The van der Waals surface area contributed by atoms with Gasteiger partial charge in [-0.2, -0.15) is 0 Å². The van der Waals surface area contributed by atoms with Crippen LogP contribution in [0.25, 0.3) is 6.08 Å². The lowest BCUT2D eigenvalue weighted by Gasteiger charge is -2.12. The summed E-state index contributed by atoms with van der Waals surface area (Å²) in [5.74, 6) is -0.429. The van der Waals surface area contributed by atoms with Crippen LogP contribution < -0.4 is 9.47 Å². The van der Waals surface area contributed by atoms with Gasteiger partial charge in [-0.3, -0.25) is 14.5 Å². The largest absolute Gasteiger partial charge is 0.493 e. The fourth-order valence-corrected chi connectivity index (χ4v) is 4.02. The molecule has 0 radical (unpaired) electrons. The van der Waals surface area contributed by atoms with Gasteiger partial charge in [-0.25, -0.2) is 4.79 Å². The van der Waals surface area contributed by atoms with Crippen LogP contribution in [0.1, 0.15) is 27.2 Å². The van der Waals surface area contributed by atoms with Crippen LogP contribution in [0.2, 0.25) is 0 Å². The van der Waals surface area contributed by atoms with E-state index in [0.29, 0.717) is 16.2 Å². The van der Waals surface area contributed by atoms with Crippen molar-refractivity contribution in [3.8, 4) is 11.5 Å². The normalized spacial score (nSPS) is 14.8. The Kier molecular flexibility index (Phi) is 6.13. The summed E-state index contributed by atoms with van der Waals surface area (Å²) in [6, 6.07) is 15.6. The van der Waals surface area contributed by atoms with Gasteiger partial charge in [-0.15, -0.1) is 0 Å². The maximum absolute atomic E-state index is 12.8. The monoisotopic (exact) mass is 449 g/mol. The first-order chi connectivity index (χ1) is 15.4. The lowest BCUT2D eigenvalue weighted by Crippen LogP contribution is -2.27. The van der Waals surface area contributed by atoms with E-state index < -0.39 is 5.97 Å². The van der Waals surface area contributed by atoms with Crippen molar-refractivity contribution >= 4 is 35.0 Å². The Morgan fingerprint density at radius 3 is 2.66 bits per heavy atom. The summed E-state index contributed by atoms with van der Waals surface area (Å²) < 4.78 is 15.7. The van der Waals surface area contributed by atoms with Crippen molar-refractivity contribution in [2.75, 3.05) is 7.11 Å². The summed E-state index contributed by atoms with van der Waals surface area (Å²) in [6.45, 7) is 2.18. The molecule has 7 nitrogen and oxygen atoms in total. The molecule has 1 aromatic heterocycles. The molecule has 2 aromatic carbocycles. The van der Waals surface area contributed by atoms with Crippen molar-refractivity contribution in [1.29, 1.82) is 0 Å². The molecule has 0 spiro atoms. The fourth-order valence-electron chi connectivity index (χ4n) is 3.18. The quantitative estimate of drug-likeness (QED) is 0.296. The summed E-state index contributed by atoms with van der Waals surface area (Å²) in [5.41, 5.74) is 2.57. The van der Waals surface area contributed by atoms with Gasteiger partial charge in [0.15, 0.2) is 11.5 Å². The molecule has 32 heavy (non-hydrogen) atoms. The Bertz CT molecular complexity index is 1210. The Morgan fingerprint density at radius 1 is 1.09 bits per heavy atom. The SMILES string of the molecule is COc1cc(/C=C2\SC(=O)N(Cc3cccc(C)c3)C2=O)ccc1OC(=O)c1ccco1. The van der Waals surface area contributed by atoms with Gasteiger partial charge >= 0.3 is 5.97 Å². The van der Waals surface area contributed by atoms with E-state index in [0.717, 1.165) is 22.9 Å². The second-order valence-electron chi connectivity index (χ2n) is 7.03. The molecule has 0 atom stereocenters. The van der Waals surface area contributed by atoms with Crippen molar-refractivity contribution in [2.45, 2.75) is 13.5 Å². The molecule has 1 fully saturated rings. The number of esters is 1. The standard InChI is InChI=1S/C24H19NO6S/c1-15-5-3-6-17(11-15)14-25-22(26)21(32-24(25)28)13-16-8-9-18(20(12-16)29-2)31-23(27)19-7-4-10-30-19/h3-13H,14H2,1-2H3/b21-13-. The highest BCUT2D eigenvalue weighted by Gasteiger charge is 2.35. The van der Waals surface area contributed by atoms with E-state index in [4.69, 9.17) is 13.9 Å². The van der Waals surface area contributed by atoms with Crippen LogP contribution in [0, 0.1) is 6.92 Å². The number of nitrogens with zero attached hydrogens (tertiary/aromatic N) is 1. The maximum Gasteiger partial charge on any atom is 0.379 e. The first kappa shape index (κ1) is 21.5. The zero-order valence-electron chi connectivity index (χ0n) is 17.4. The number of hydrogen-bond acceptors (Lipinski definition) is 7. The van der Waals surface area contributed by atoms with E-state index in [2.05, 4.69) is 0 Å². The van der Waals surface area contributed by atoms with Crippen molar-refractivity contribution in [1.82, 2.24) is 4.90 Å². The molecular weight excluding hydrogens is 430 g/mol. The summed E-state index contributed by atoms with van der Waals surface area (Å²) >= 11 is 0.887. The predicted octanol–water partition coefficient (Wildman–Crippen LogP) is 5.05. The number of methoxy groups -OCH3 is 1. The number of rotatable bonds is 6. The number of hydrogen-bond donors (Lipinski definition) is 0. The second kappa shape index (κ2) is 9.15. The zero-order chi connectivity index (χ0) is 22.7. The molecule has 0 N–H and O–H groups in total.